The van der Waals surface area contributed by atoms with E-state index in [9.17, 15) is 8.42 Å². The van der Waals surface area contributed by atoms with E-state index in [0.717, 1.165) is 0 Å². The highest BCUT2D eigenvalue weighted by atomic mass is 32.2. The van der Waals surface area contributed by atoms with Gasteiger partial charge in [0.1, 0.15) is 0 Å². The van der Waals surface area contributed by atoms with Crippen molar-refractivity contribution < 1.29 is 17.9 Å². The molecule has 2 rings (SSSR count). The number of sulfonamides is 1. The topological polar surface area (TPSA) is 64.6 Å². The van der Waals surface area contributed by atoms with Crippen LogP contribution in [0, 0.1) is 6.92 Å². The van der Waals surface area contributed by atoms with Gasteiger partial charge >= 0.3 is 0 Å². The fourth-order valence-electron chi connectivity index (χ4n) is 1.69. The van der Waals surface area contributed by atoms with Gasteiger partial charge in [0.25, 0.3) is 0 Å². The predicted molar refractivity (Wildman–Crippen MR) is 62.8 cm³/mol. The molecule has 0 fully saturated rings. The van der Waals surface area contributed by atoms with Gasteiger partial charge in [-0.1, -0.05) is 0 Å². The van der Waals surface area contributed by atoms with Crippen LogP contribution in [0.2, 0.25) is 0 Å². The van der Waals surface area contributed by atoms with Crippen LogP contribution in [-0.4, -0.2) is 21.3 Å². The van der Waals surface area contributed by atoms with Crippen LogP contribution in [0.4, 0.5) is 0 Å². The molecule has 1 aliphatic rings. The summed E-state index contributed by atoms with van der Waals surface area (Å²) in [5.41, 5.74) is 0.641. The number of benzene rings is 1. The third kappa shape index (κ3) is 2.37. The molecule has 0 atom stereocenters. The van der Waals surface area contributed by atoms with Gasteiger partial charge in [-0.15, -0.1) is 0 Å². The lowest BCUT2D eigenvalue weighted by atomic mass is 10.2. The lowest BCUT2D eigenvalue weighted by Crippen LogP contribution is -2.30. The van der Waals surface area contributed by atoms with Crippen molar-refractivity contribution in [1.82, 2.24) is 4.72 Å². The summed E-state index contributed by atoms with van der Waals surface area (Å²) < 4.78 is 37.0. The molecule has 17 heavy (non-hydrogen) atoms. The standard InChI is InChI=1S/C11H15NO4S/c1-7(2)12-17(13,14)11-5-10-9(4-8(11)3)15-6-16-10/h4-5,7,12H,6H2,1-3H3. The van der Waals surface area contributed by atoms with Crippen LogP contribution in [0.3, 0.4) is 0 Å². The molecule has 1 N–H and O–H groups in total. The monoisotopic (exact) mass is 257 g/mol. The van der Waals surface area contributed by atoms with Gasteiger partial charge in [0.05, 0.1) is 4.90 Å². The number of aryl methyl sites for hydroxylation is 1. The Morgan fingerprint density at radius 1 is 1.24 bits per heavy atom. The lowest BCUT2D eigenvalue weighted by molar-refractivity contribution is 0.174. The number of hydrogen-bond donors (Lipinski definition) is 1. The molecule has 6 heteroatoms. The zero-order chi connectivity index (χ0) is 12.6. The maximum absolute atomic E-state index is 12.1. The van der Waals surface area contributed by atoms with E-state index in [0.29, 0.717) is 17.1 Å². The molecule has 1 aliphatic heterocycles. The molecule has 0 unspecified atom stereocenters. The van der Waals surface area contributed by atoms with Gasteiger partial charge in [0.15, 0.2) is 11.5 Å². The molecule has 1 heterocycles. The van der Waals surface area contributed by atoms with Crippen molar-refractivity contribution in [1.29, 1.82) is 0 Å². The van der Waals surface area contributed by atoms with Crippen LogP contribution < -0.4 is 14.2 Å². The van der Waals surface area contributed by atoms with E-state index in [2.05, 4.69) is 4.72 Å². The third-order valence-corrected chi connectivity index (χ3v) is 4.15. The second-order valence-electron chi connectivity index (χ2n) is 4.25. The Balaban J connectivity index is 2.46. The molecule has 1 aromatic rings. The summed E-state index contributed by atoms with van der Waals surface area (Å²) >= 11 is 0. The maximum atomic E-state index is 12.1. The van der Waals surface area contributed by atoms with Gasteiger partial charge in [0.2, 0.25) is 16.8 Å². The zero-order valence-electron chi connectivity index (χ0n) is 9.98. The Morgan fingerprint density at radius 3 is 2.41 bits per heavy atom. The summed E-state index contributed by atoms with van der Waals surface area (Å²) in [6.07, 6.45) is 0. The third-order valence-electron chi connectivity index (χ3n) is 2.35. The van der Waals surface area contributed by atoms with Gasteiger partial charge < -0.3 is 9.47 Å². The molecule has 0 bridgehead atoms. The Morgan fingerprint density at radius 2 is 1.82 bits per heavy atom. The summed E-state index contributed by atoms with van der Waals surface area (Å²) in [7, 11) is -3.50. The Labute approximate surface area is 101 Å². The molecule has 0 aliphatic carbocycles. The lowest BCUT2D eigenvalue weighted by Gasteiger charge is -2.12. The molecule has 94 valence electrons. The number of nitrogens with one attached hydrogen (secondary N) is 1. The fourth-order valence-corrected chi connectivity index (χ4v) is 3.18. The second kappa shape index (κ2) is 4.19. The first-order chi connectivity index (χ1) is 7.90. The van der Waals surface area contributed by atoms with Gasteiger partial charge in [-0.05, 0) is 32.4 Å². The molecular formula is C11H15NO4S. The first kappa shape index (κ1) is 12.2. The van der Waals surface area contributed by atoms with Gasteiger partial charge in [-0.2, -0.15) is 0 Å². The van der Waals surface area contributed by atoms with E-state index in [-0.39, 0.29) is 17.7 Å². The van der Waals surface area contributed by atoms with Crippen LogP contribution in [-0.2, 0) is 10.0 Å². The minimum atomic E-state index is -3.50. The van der Waals surface area contributed by atoms with Gasteiger partial charge in [-0.25, -0.2) is 13.1 Å². The summed E-state index contributed by atoms with van der Waals surface area (Å²) in [4.78, 5) is 0.232. The van der Waals surface area contributed by atoms with E-state index in [1.807, 2.05) is 0 Å². The van der Waals surface area contributed by atoms with Crippen LogP contribution in [0.15, 0.2) is 17.0 Å². The number of ether oxygens (including phenoxy) is 2. The largest absolute Gasteiger partial charge is 0.454 e. The molecule has 0 spiro atoms. The summed E-state index contributed by atoms with van der Waals surface area (Å²) in [5, 5.41) is 0. The number of hydrogen-bond acceptors (Lipinski definition) is 4. The fraction of sp³-hybridized carbons (Fsp3) is 0.455. The van der Waals surface area contributed by atoms with E-state index < -0.39 is 10.0 Å². The summed E-state index contributed by atoms with van der Waals surface area (Å²) in [5.74, 6) is 1.06. The van der Waals surface area contributed by atoms with E-state index in [1.54, 1.807) is 26.8 Å². The highest BCUT2D eigenvalue weighted by Gasteiger charge is 2.23. The van der Waals surface area contributed by atoms with Crippen LogP contribution >= 0.6 is 0 Å². The van der Waals surface area contributed by atoms with E-state index in [4.69, 9.17) is 9.47 Å². The highest BCUT2D eigenvalue weighted by Crippen LogP contribution is 2.36. The van der Waals surface area contributed by atoms with E-state index in [1.165, 1.54) is 6.07 Å². The normalized spacial score (nSPS) is 14.4. The highest BCUT2D eigenvalue weighted by molar-refractivity contribution is 7.89. The maximum Gasteiger partial charge on any atom is 0.241 e. The van der Waals surface area contributed by atoms with Crippen molar-refractivity contribution >= 4 is 10.0 Å². The van der Waals surface area contributed by atoms with Crippen LogP contribution in [0.5, 0.6) is 11.5 Å². The van der Waals surface area contributed by atoms with Crippen molar-refractivity contribution in [3.05, 3.63) is 17.7 Å². The zero-order valence-corrected chi connectivity index (χ0v) is 10.8. The molecule has 0 saturated carbocycles. The molecule has 0 amide bonds. The molecule has 0 aromatic heterocycles. The quantitative estimate of drug-likeness (QED) is 0.889. The van der Waals surface area contributed by atoms with Crippen molar-refractivity contribution in [3.63, 3.8) is 0 Å². The first-order valence-electron chi connectivity index (χ1n) is 5.33. The Bertz CT molecular complexity index is 537. The second-order valence-corrected chi connectivity index (χ2v) is 5.93. The Hall–Kier alpha value is -1.27. The minimum Gasteiger partial charge on any atom is -0.454 e. The van der Waals surface area contributed by atoms with Crippen molar-refractivity contribution in [2.24, 2.45) is 0 Å². The minimum absolute atomic E-state index is 0.135. The molecule has 5 nitrogen and oxygen atoms in total. The summed E-state index contributed by atoms with van der Waals surface area (Å²) in [6, 6.07) is 3.03. The molecular weight excluding hydrogens is 242 g/mol. The molecule has 0 radical (unpaired) electrons. The van der Waals surface area contributed by atoms with Crippen LogP contribution in [0.25, 0.3) is 0 Å². The summed E-state index contributed by atoms with van der Waals surface area (Å²) in [6.45, 7) is 5.42. The smallest absolute Gasteiger partial charge is 0.241 e. The number of fused-ring (bicyclic) bond motifs is 1. The predicted octanol–water partition coefficient (Wildman–Crippen LogP) is 1.41. The SMILES string of the molecule is Cc1cc2c(cc1S(=O)(=O)NC(C)C)OCO2. The molecule has 1 aromatic carbocycles. The molecule has 0 saturated heterocycles. The number of rotatable bonds is 3. The van der Waals surface area contributed by atoms with Crippen molar-refractivity contribution in [2.45, 2.75) is 31.7 Å². The average molecular weight is 257 g/mol. The van der Waals surface area contributed by atoms with Crippen molar-refractivity contribution in [3.8, 4) is 11.5 Å². The van der Waals surface area contributed by atoms with Gasteiger partial charge in [-0.3, -0.25) is 0 Å². The van der Waals surface area contributed by atoms with E-state index >= 15 is 0 Å². The van der Waals surface area contributed by atoms with Crippen LogP contribution in [0.1, 0.15) is 19.4 Å². The van der Waals surface area contributed by atoms with Crippen molar-refractivity contribution in [2.75, 3.05) is 6.79 Å². The van der Waals surface area contributed by atoms with Gasteiger partial charge in [0, 0.05) is 12.1 Å². The Kier molecular flexibility index (Phi) is 3.01. The average Bonchev–Trinajstić information content (AvgIpc) is 2.60. The first-order valence-corrected chi connectivity index (χ1v) is 6.81.